The maximum Gasteiger partial charge on any atom is 0.253 e. The molecule has 36 heavy (non-hydrogen) atoms. The summed E-state index contributed by atoms with van der Waals surface area (Å²) in [5.74, 6) is 0.929. The summed E-state index contributed by atoms with van der Waals surface area (Å²) in [5.41, 5.74) is 2.26. The standard InChI is InChI=1S/C31H53N3O2/c1-8-32(23-24-36-31(5,6)7)29(35)27-13-11-25(12-14-27)9-10-26-15-19-33(20-16-26)28-17-21-34(22-18-28)30(2,3)4/h11-14,26,28H,8-10,15-24H2,1-7H3. The number of piperidine rings is 2. The fourth-order valence-corrected chi connectivity index (χ4v) is 5.74. The third kappa shape index (κ3) is 8.85. The van der Waals surface area contributed by atoms with Crippen molar-refractivity contribution in [3.8, 4) is 0 Å². The van der Waals surface area contributed by atoms with Gasteiger partial charge in [-0.2, -0.15) is 0 Å². The Morgan fingerprint density at radius 1 is 0.944 bits per heavy atom. The lowest BCUT2D eigenvalue weighted by atomic mass is 9.88. The Morgan fingerprint density at radius 2 is 1.56 bits per heavy atom. The molecule has 0 N–H and O–H groups in total. The van der Waals surface area contributed by atoms with Gasteiger partial charge in [0.25, 0.3) is 5.91 Å². The molecule has 0 aromatic heterocycles. The third-order valence-corrected chi connectivity index (χ3v) is 8.19. The van der Waals surface area contributed by atoms with Crippen molar-refractivity contribution in [1.82, 2.24) is 14.7 Å². The highest BCUT2D eigenvalue weighted by Gasteiger charge is 2.31. The number of nitrogens with zero attached hydrogens (tertiary/aromatic N) is 3. The number of hydrogen-bond donors (Lipinski definition) is 0. The first-order chi connectivity index (χ1) is 17.0. The molecule has 1 aromatic rings. The number of amides is 1. The van der Waals surface area contributed by atoms with Crippen LogP contribution in [0.4, 0.5) is 0 Å². The zero-order valence-corrected chi connectivity index (χ0v) is 24.3. The Morgan fingerprint density at radius 3 is 2.08 bits per heavy atom. The molecule has 0 atom stereocenters. The van der Waals surface area contributed by atoms with Crippen LogP contribution in [0.1, 0.15) is 96.5 Å². The Bertz CT molecular complexity index is 793. The molecule has 1 amide bonds. The highest BCUT2D eigenvalue weighted by Crippen LogP contribution is 2.28. The number of ether oxygens (including phenoxy) is 1. The SMILES string of the molecule is CCN(CCOC(C)(C)C)C(=O)c1ccc(CCC2CCN(C3CCN(C(C)(C)C)CC3)CC2)cc1. The van der Waals surface area contributed by atoms with Gasteiger partial charge in [-0.25, -0.2) is 0 Å². The van der Waals surface area contributed by atoms with Crippen LogP contribution in [0.15, 0.2) is 24.3 Å². The van der Waals surface area contributed by atoms with Gasteiger partial charge in [-0.1, -0.05) is 12.1 Å². The Labute approximate surface area is 221 Å². The number of hydrogen-bond acceptors (Lipinski definition) is 4. The Kier molecular flexibility index (Phi) is 10.4. The first-order valence-electron chi connectivity index (χ1n) is 14.5. The van der Waals surface area contributed by atoms with Crippen LogP contribution in [0, 0.1) is 5.92 Å². The molecule has 2 heterocycles. The highest BCUT2D eigenvalue weighted by molar-refractivity contribution is 5.94. The number of carbonyl (C=O) groups is 1. The van der Waals surface area contributed by atoms with Gasteiger partial charge in [-0.15, -0.1) is 0 Å². The van der Waals surface area contributed by atoms with Gasteiger partial charge >= 0.3 is 0 Å². The van der Waals surface area contributed by atoms with Crippen LogP contribution in [0.2, 0.25) is 0 Å². The van der Waals surface area contributed by atoms with Crippen molar-refractivity contribution >= 4 is 5.91 Å². The van der Waals surface area contributed by atoms with Gasteiger partial charge in [0.2, 0.25) is 0 Å². The van der Waals surface area contributed by atoms with Gasteiger partial charge < -0.3 is 14.5 Å². The number of carbonyl (C=O) groups excluding carboxylic acids is 1. The molecular formula is C31H53N3O2. The van der Waals surface area contributed by atoms with Gasteiger partial charge in [-0.05, 0) is 124 Å². The minimum Gasteiger partial charge on any atom is -0.374 e. The monoisotopic (exact) mass is 499 g/mol. The van der Waals surface area contributed by atoms with E-state index in [0.717, 1.165) is 23.9 Å². The van der Waals surface area contributed by atoms with Crippen molar-refractivity contribution in [3.05, 3.63) is 35.4 Å². The second-order valence-corrected chi connectivity index (χ2v) is 12.9. The molecule has 2 aliphatic rings. The summed E-state index contributed by atoms with van der Waals surface area (Å²) in [7, 11) is 0. The predicted molar refractivity (Wildman–Crippen MR) is 151 cm³/mol. The molecule has 2 saturated heterocycles. The summed E-state index contributed by atoms with van der Waals surface area (Å²) in [6, 6.07) is 9.13. The summed E-state index contributed by atoms with van der Waals surface area (Å²) in [6.45, 7) is 22.1. The van der Waals surface area contributed by atoms with E-state index in [9.17, 15) is 4.79 Å². The zero-order chi connectivity index (χ0) is 26.3. The first-order valence-corrected chi connectivity index (χ1v) is 14.5. The normalized spacial score (nSPS) is 19.5. The van der Waals surface area contributed by atoms with Crippen LogP contribution < -0.4 is 0 Å². The molecule has 3 rings (SSSR count). The second-order valence-electron chi connectivity index (χ2n) is 12.9. The van der Waals surface area contributed by atoms with Gasteiger partial charge in [-0.3, -0.25) is 9.69 Å². The molecule has 0 saturated carbocycles. The molecule has 0 spiro atoms. The number of benzene rings is 1. The average molecular weight is 500 g/mol. The van der Waals surface area contributed by atoms with Crippen LogP contribution in [-0.4, -0.2) is 83.7 Å². The maximum atomic E-state index is 12.9. The molecule has 204 valence electrons. The number of likely N-dealkylation sites (tertiary alicyclic amines) is 2. The van der Waals surface area contributed by atoms with Crippen molar-refractivity contribution in [1.29, 1.82) is 0 Å². The molecule has 2 aliphatic heterocycles. The van der Waals surface area contributed by atoms with Gasteiger partial charge in [0, 0.05) is 43.3 Å². The summed E-state index contributed by atoms with van der Waals surface area (Å²) in [5, 5.41) is 0. The zero-order valence-electron chi connectivity index (χ0n) is 24.3. The van der Waals surface area contributed by atoms with E-state index < -0.39 is 0 Å². The Balaban J connectivity index is 1.38. The third-order valence-electron chi connectivity index (χ3n) is 8.19. The van der Waals surface area contributed by atoms with Crippen LogP contribution in [0.5, 0.6) is 0 Å². The fourth-order valence-electron chi connectivity index (χ4n) is 5.74. The van der Waals surface area contributed by atoms with E-state index in [4.69, 9.17) is 4.74 Å². The van der Waals surface area contributed by atoms with E-state index in [1.54, 1.807) is 0 Å². The lowest BCUT2D eigenvalue weighted by Crippen LogP contribution is -2.52. The second kappa shape index (κ2) is 12.9. The maximum absolute atomic E-state index is 12.9. The van der Waals surface area contributed by atoms with Gasteiger partial charge in [0.1, 0.15) is 0 Å². The average Bonchev–Trinajstić information content (AvgIpc) is 2.84. The molecule has 0 radical (unpaired) electrons. The van der Waals surface area contributed by atoms with E-state index in [1.165, 1.54) is 63.8 Å². The van der Waals surface area contributed by atoms with Crippen molar-refractivity contribution < 1.29 is 9.53 Å². The smallest absolute Gasteiger partial charge is 0.253 e. The number of aryl methyl sites for hydroxylation is 1. The quantitative estimate of drug-likeness (QED) is 0.426. The molecule has 2 fully saturated rings. The fraction of sp³-hybridized carbons (Fsp3) is 0.774. The van der Waals surface area contributed by atoms with Gasteiger partial charge in [0.15, 0.2) is 0 Å². The van der Waals surface area contributed by atoms with Crippen molar-refractivity contribution in [3.63, 3.8) is 0 Å². The Hall–Kier alpha value is -1.43. The van der Waals surface area contributed by atoms with E-state index in [0.29, 0.717) is 25.2 Å². The summed E-state index contributed by atoms with van der Waals surface area (Å²) >= 11 is 0. The van der Waals surface area contributed by atoms with Crippen LogP contribution in [0.3, 0.4) is 0 Å². The minimum absolute atomic E-state index is 0.0993. The summed E-state index contributed by atoms with van der Waals surface area (Å²) in [6.07, 6.45) is 7.68. The van der Waals surface area contributed by atoms with Crippen LogP contribution in [0.25, 0.3) is 0 Å². The van der Waals surface area contributed by atoms with E-state index in [2.05, 4.69) is 42.7 Å². The van der Waals surface area contributed by atoms with E-state index >= 15 is 0 Å². The topological polar surface area (TPSA) is 36.0 Å². The number of likely N-dealkylation sites (N-methyl/N-ethyl adjacent to an activating group) is 1. The van der Waals surface area contributed by atoms with Crippen LogP contribution in [-0.2, 0) is 11.2 Å². The highest BCUT2D eigenvalue weighted by atomic mass is 16.5. The molecular weight excluding hydrogens is 446 g/mol. The largest absolute Gasteiger partial charge is 0.374 e. The van der Waals surface area contributed by atoms with Crippen molar-refractivity contribution in [2.45, 2.75) is 104 Å². The summed E-state index contributed by atoms with van der Waals surface area (Å²) in [4.78, 5) is 20.2. The first kappa shape index (κ1) is 29.1. The lowest BCUT2D eigenvalue weighted by molar-refractivity contribution is -0.0114. The minimum atomic E-state index is -0.176. The molecule has 5 heteroatoms. The van der Waals surface area contributed by atoms with Crippen molar-refractivity contribution in [2.24, 2.45) is 5.92 Å². The summed E-state index contributed by atoms with van der Waals surface area (Å²) < 4.78 is 5.81. The molecule has 0 bridgehead atoms. The number of rotatable bonds is 9. The van der Waals surface area contributed by atoms with Gasteiger partial charge in [0.05, 0.1) is 12.2 Å². The predicted octanol–water partition coefficient (Wildman–Crippen LogP) is 5.87. The van der Waals surface area contributed by atoms with E-state index in [1.807, 2.05) is 44.7 Å². The van der Waals surface area contributed by atoms with Crippen molar-refractivity contribution in [2.75, 3.05) is 45.9 Å². The molecule has 5 nitrogen and oxygen atoms in total. The molecule has 0 unspecified atom stereocenters. The van der Waals surface area contributed by atoms with Crippen LogP contribution >= 0.6 is 0 Å². The van der Waals surface area contributed by atoms with E-state index in [-0.39, 0.29) is 11.5 Å². The molecule has 1 aromatic carbocycles. The molecule has 0 aliphatic carbocycles. The lowest BCUT2D eigenvalue weighted by Gasteiger charge is -2.45.